The van der Waals surface area contributed by atoms with Crippen molar-refractivity contribution in [2.24, 2.45) is 0 Å². The summed E-state index contributed by atoms with van der Waals surface area (Å²) in [5, 5.41) is 3.02. The lowest BCUT2D eigenvalue weighted by Gasteiger charge is -2.30. The lowest BCUT2D eigenvalue weighted by Crippen LogP contribution is -2.47. The molecule has 0 bridgehead atoms. The van der Waals surface area contributed by atoms with E-state index in [1.807, 2.05) is 33.3 Å². The Labute approximate surface area is 529 Å². The molecule has 0 aromatic rings. The van der Waals surface area contributed by atoms with E-state index in [0.717, 1.165) is 161 Å². The number of allylic oxidation sites excluding steroid dienone is 25. The zero-order valence-electron chi connectivity index (χ0n) is 55.7. The Morgan fingerprint density at radius 2 is 0.744 bits per heavy atom. The minimum absolute atomic E-state index is 0.0393. The fraction of sp³-hybridized carbons (Fsp3) is 0.632. The van der Waals surface area contributed by atoms with E-state index in [0.29, 0.717) is 23.9 Å². The highest BCUT2D eigenvalue weighted by Gasteiger charge is 2.27. The summed E-state index contributed by atoms with van der Waals surface area (Å²) in [7, 11) is 1.13. The van der Waals surface area contributed by atoms with Gasteiger partial charge in [0.15, 0.2) is 0 Å². The summed E-state index contributed by atoms with van der Waals surface area (Å²) < 4.78 is 30.4. The van der Waals surface area contributed by atoms with Crippen LogP contribution in [0.5, 0.6) is 0 Å². The highest BCUT2D eigenvalue weighted by molar-refractivity contribution is 7.45. The maximum absolute atomic E-state index is 13.6. The molecule has 0 radical (unpaired) electrons. The van der Waals surface area contributed by atoms with Crippen LogP contribution in [0, 0.1) is 0 Å². The number of nitrogens with zero attached hydrogens (tertiary/aromatic N) is 1. The van der Waals surface area contributed by atoms with Gasteiger partial charge in [-0.05, 0) is 134 Å². The predicted octanol–water partition coefficient (Wildman–Crippen LogP) is 21.3. The number of amides is 1. The maximum Gasteiger partial charge on any atom is 0.306 e. The van der Waals surface area contributed by atoms with Gasteiger partial charge in [0, 0.05) is 12.8 Å². The molecule has 0 aromatic carbocycles. The summed E-state index contributed by atoms with van der Waals surface area (Å²) in [6, 6.07) is -0.921. The molecule has 0 spiro atoms. The molecule has 3 atom stereocenters. The van der Waals surface area contributed by atoms with Crippen LogP contribution in [0.3, 0.4) is 0 Å². The fourth-order valence-corrected chi connectivity index (χ4v) is 9.72. The van der Waals surface area contributed by atoms with Gasteiger partial charge in [0.1, 0.15) is 19.3 Å². The summed E-state index contributed by atoms with van der Waals surface area (Å²) in [6.45, 7) is 6.57. The van der Waals surface area contributed by atoms with Gasteiger partial charge < -0.3 is 28.5 Å². The van der Waals surface area contributed by atoms with Crippen molar-refractivity contribution in [3.8, 4) is 0 Å². The number of likely N-dealkylation sites (N-methyl/N-ethyl adjacent to an activating group) is 1. The molecule has 0 saturated carbocycles. The van der Waals surface area contributed by atoms with Gasteiger partial charge in [-0.3, -0.25) is 14.2 Å². The standard InChI is InChI=1S/C76H127N2O7P/c1-7-10-13-16-19-22-25-28-30-32-34-36-38-39-41-42-44-46-48-50-53-56-59-62-65-68-75(79)77-73(72-84-86(81,82)83-71-70-78(4,5)6)74(67-64-61-58-55-52-27-24-21-18-15-12-9-3)85-76(80)69-66-63-60-57-54-51-49-47-45-43-40-37-35-33-31-29-26-23-20-17-14-11-8-2/h10-11,13-14,19-20,22-23,28-31,34-37,39,41,43-46,49,51,64,67,73-74H,7-9,12,15-18,21,24-27,32-33,38,40,42,47-48,50,52-63,65-66,68-72H2,1-6H3,(H-,77,79,81,82)/b13-10-,14-11-,22-19-,23-20-,30-28-,31-29-,36-34-,37-35-,41-39-,45-43-,46-44-,51-49-,67-64+. The second kappa shape index (κ2) is 63.6. The topological polar surface area (TPSA) is 114 Å². The van der Waals surface area contributed by atoms with E-state index in [9.17, 15) is 19.0 Å². The van der Waals surface area contributed by atoms with Crippen LogP contribution in [-0.2, 0) is 27.9 Å². The second-order valence-corrected chi connectivity index (χ2v) is 25.0. The van der Waals surface area contributed by atoms with Crippen LogP contribution in [0.4, 0.5) is 0 Å². The quantitative estimate of drug-likeness (QED) is 0.0212. The second-order valence-electron chi connectivity index (χ2n) is 23.6. The minimum Gasteiger partial charge on any atom is -0.756 e. The van der Waals surface area contributed by atoms with Gasteiger partial charge >= 0.3 is 5.97 Å². The van der Waals surface area contributed by atoms with Crippen LogP contribution in [0.2, 0.25) is 0 Å². The number of carbonyl (C=O) groups excluding carboxylic acids is 2. The van der Waals surface area contributed by atoms with Crippen molar-refractivity contribution in [1.29, 1.82) is 0 Å². The Balaban J connectivity index is 5.24. The molecule has 86 heavy (non-hydrogen) atoms. The fourth-order valence-electron chi connectivity index (χ4n) is 9.00. The van der Waals surface area contributed by atoms with Crippen molar-refractivity contribution in [2.75, 3.05) is 40.9 Å². The number of quaternary nitrogens is 1. The largest absolute Gasteiger partial charge is 0.756 e. The average Bonchev–Trinajstić information content (AvgIpc) is 3.69. The molecule has 0 heterocycles. The Morgan fingerprint density at radius 3 is 1.12 bits per heavy atom. The molecule has 0 aliphatic heterocycles. The molecule has 1 N–H and O–H groups in total. The van der Waals surface area contributed by atoms with Gasteiger partial charge in [0.05, 0.1) is 33.8 Å². The van der Waals surface area contributed by atoms with Crippen LogP contribution in [0.1, 0.15) is 258 Å². The molecule has 1 amide bonds. The zero-order valence-corrected chi connectivity index (χ0v) is 56.6. The number of hydrogen-bond donors (Lipinski definition) is 1. The van der Waals surface area contributed by atoms with Crippen molar-refractivity contribution >= 4 is 19.7 Å². The van der Waals surface area contributed by atoms with Gasteiger partial charge in [-0.25, -0.2) is 0 Å². The maximum atomic E-state index is 13.6. The molecular formula is C76H127N2O7P. The van der Waals surface area contributed by atoms with Gasteiger partial charge in [-0.1, -0.05) is 269 Å². The molecule has 10 heteroatoms. The Hall–Kier alpha value is -4.37. The van der Waals surface area contributed by atoms with Gasteiger partial charge in [-0.2, -0.15) is 0 Å². The summed E-state index contributed by atoms with van der Waals surface area (Å²) >= 11 is 0. The third-order valence-electron chi connectivity index (χ3n) is 14.2. The summed E-state index contributed by atoms with van der Waals surface area (Å²) in [4.78, 5) is 40.2. The number of hydrogen-bond acceptors (Lipinski definition) is 7. The Morgan fingerprint density at radius 1 is 0.419 bits per heavy atom. The third-order valence-corrected chi connectivity index (χ3v) is 15.2. The normalized spacial score (nSPS) is 14.5. The van der Waals surface area contributed by atoms with Gasteiger partial charge in [0.2, 0.25) is 5.91 Å². The molecule has 0 fully saturated rings. The van der Waals surface area contributed by atoms with Crippen molar-refractivity contribution in [3.05, 3.63) is 158 Å². The van der Waals surface area contributed by atoms with E-state index in [1.165, 1.54) is 51.4 Å². The number of rotatable bonds is 60. The third kappa shape index (κ3) is 64.1. The number of ether oxygens (including phenoxy) is 1. The molecule has 0 aliphatic rings. The minimum atomic E-state index is -4.73. The first-order valence-corrected chi connectivity index (χ1v) is 35.8. The number of phosphoric ester groups is 1. The van der Waals surface area contributed by atoms with Crippen LogP contribution < -0.4 is 10.2 Å². The Bertz CT molecular complexity index is 2030. The van der Waals surface area contributed by atoms with Crippen LogP contribution in [0.25, 0.3) is 0 Å². The molecule has 0 rings (SSSR count). The van der Waals surface area contributed by atoms with E-state index in [2.05, 4.69) is 172 Å². The molecular weight excluding hydrogens is 1080 g/mol. The van der Waals surface area contributed by atoms with Crippen molar-refractivity contribution < 1.29 is 37.3 Å². The van der Waals surface area contributed by atoms with Crippen molar-refractivity contribution in [3.63, 3.8) is 0 Å². The molecule has 3 unspecified atom stereocenters. The van der Waals surface area contributed by atoms with Crippen molar-refractivity contribution in [2.45, 2.75) is 270 Å². The van der Waals surface area contributed by atoms with Crippen LogP contribution in [-0.4, -0.2) is 69.4 Å². The first kappa shape index (κ1) is 81.6. The SMILES string of the molecule is CC/C=C\C/C=C\C/C=C\C/C=C\C/C=C\C/C=C\CCCCCCCCC(=O)NC(COP(=O)([O-])OCC[N+](C)(C)C)C(/C=C/CCCCCCCCCCCC)OC(=O)CCCCCC/C=C\C/C=C\C/C=C\C/C=C\C/C=C\C/C=C\CC. The lowest BCUT2D eigenvalue weighted by atomic mass is 10.0. The van der Waals surface area contributed by atoms with Gasteiger partial charge in [0.25, 0.3) is 7.82 Å². The predicted molar refractivity (Wildman–Crippen MR) is 371 cm³/mol. The molecule has 0 saturated heterocycles. The van der Waals surface area contributed by atoms with E-state index in [1.54, 1.807) is 0 Å². The smallest absolute Gasteiger partial charge is 0.306 e. The monoisotopic (exact) mass is 1210 g/mol. The highest BCUT2D eigenvalue weighted by Crippen LogP contribution is 2.38. The number of unbranched alkanes of at least 4 members (excludes halogenated alkanes) is 20. The first-order valence-electron chi connectivity index (χ1n) is 34.3. The molecule has 0 aliphatic carbocycles. The first-order chi connectivity index (χ1) is 41.9. The van der Waals surface area contributed by atoms with Crippen molar-refractivity contribution in [1.82, 2.24) is 5.32 Å². The Kier molecular flexibility index (Phi) is 60.4. The summed E-state index contributed by atoms with van der Waals surface area (Å²) in [5.74, 6) is -0.598. The zero-order chi connectivity index (χ0) is 62.8. The number of phosphoric acid groups is 1. The summed E-state index contributed by atoms with van der Waals surface area (Å²) in [6.07, 6.45) is 93.6. The number of nitrogens with one attached hydrogen (secondary N) is 1. The van der Waals surface area contributed by atoms with E-state index < -0.39 is 26.6 Å². The van der Waals surface area contributed by atoms with Crippen LogP contribution >= 0.6 is 7.82 Å². The van der Waals surface area contributed by atoms with E-state index >= 15 is 0 Å². The lowest BCUT2D eigenvalue weighted by molar-refractivity contribution is -0.870. The van der Waals surface area contributed by atoms with E-state index in [-0.39, 0.29) is 31.3 Å². The summed E-state index contributed by atoms with van der Waals surface area (Å²) in [5.41, 5.74) is 0. The highest BCUT2D eigenvalue weighted by atomic mass is 31.2. The van der Waals surface area contributed by atoms with Gasteiger partial charge in [-0.15, -0.1) is 0 Å². The van der Waals surface area contributed by atoms with E-state index in [4.69, 9.17) is 13.8 Å². The molecule has 0 aromatic heterocycles. The number of carbonyl (C=O) groups is 2. The van der Waals surface area contributed by atoms with Crippen LogP contribution in [0.15, 0.2) is 158 Å². The molecule has 9 nitrogen and oxygen atoms in total. The molecule has 488 valence electrons. The average molecular weight is 1210 g/mol. The number of esters is 1.